The Morgan fingerprint density at radius 1 is 1.17 bits per heavy atom. The number of nitrogens with one attached hydrogen (secondary N) is 1. The number of hydrogen-bond donors (Lipinski definition) is 1. The number of benzene rings is 1. The zero-order valence-corrected chi connectivity index (χ0v) is 17.8. The van der Waals surface area contributed by atoms with Gasteiger partial charge in [-0.25, -0.2) is 8.42 Å². The Balaban J connectivity index is 1.56. The molecule has 1 unspecified atom stereocenters. The van der Waals surface area contributed by atoms with E-state index in [9.17, 15) is 26.4 Å². The van der Waals surface area contributed by atoms with Crippen molar-refractivity contribution < 1.29 is 26.4 Å². The first-order valence-corrected chi connectivity index (χ1v) is 11.8. The molecule has 168 valence electrons. The summed E-state index contributed by atoms with van der Waals surface area (Å²) in [5.74, 6) is -0.358. The standard InChI is InChI=1S/C20H28F3N3O3S/c1-2-25-10-4-6-17(25)14-24-19(27)15-8-11-26(12-9-15)30(28,29)18-7-3-5-16(13-18)20(21,22)23/h3,5,7,13,15,17H,2,4,6,8-12,14H2,1H3,(H,24,27). The molecule has 0 aliphatic carbocycles. The number of alkyl halides is 3. The van der Waals surface area contributed by atoms with Gasteiger partial charge in [0.2, 0.25) is 15.9 Å². The third-order valence-corrected chi connectivity index (χ3v) is 7.94. The molecular formula is C20H28F3N3O3S. The summed E-state index contributed by atoms with van der Waals surface area (Å²) < 4.78 is 65.4. The van der Waals surface area contributed by atoms with Crippen LogP contribution in [0, 0.1) is 5.92 Å². The molecule has 1 amide bonds. The van der Waals surface area contributed by atoms with Crippen LogP contribution in [0.3, 0.4) is 0 Å². The van der Waals surface area contributed by atoms with Crippen molar-refractivity contribution in [3.63, 3.8) is 0 Å². The first-order chi connectivity index (χ1) is 14.1. The van der Waals surface area contributed by atoms with Gasteiger partial charge in [-0.05, 0) is 57.0 Å². The summed E-state index contributed by atoms with van der Waals surface area (Å²) in [6, 6.07) is 4.12. The molecular weight excluding hydrogens is 419 g/mol. The van der Waals surface area contributed by atoms with E-state index in [4.69, 9.17) is 0 Å². The molecule has 0 aromatic heterocycles. The van der Waals surface area contributed by atoms with Gasteiger partial charge in [-0.15, -0.1) is 0 Å². The van der Waals surface area contributed by atoms with E-state index in [0.29, 0.717) is 31.5 Å². The van der Waals surface area contributed by atoms with Gasteiger partial charge < -0.3 is 5.32 Å². The zero-order valence-electron chi connectivity index (χ0n) is 17.0. The van der Waals surface area contributed by atoms with Gasteiger partial charge in [0.1, 0.15) is 0 Å². The molecule has 1 aromatic carbocycles. The average Bonchev–Trinajstić information content (AvgIpc) is 3.19. The van der Waals surface area contributed by atoms with Gasteiger partial charge in [-0.1, -0.05) is 13.0 Å². The summed E-state index contributed by atoms with van der Waals surface area (Å²) >= 11 is 0. The maximum absolute atomic E-state index is 12.9. The van der Waals surface area contributed by atoms with Gasteiger partial charge in [-0.3, -0.25) is 9.69 Å². The molecule has 2 saturated heterocycles. The van der Waals surface area contributed by atoms with Crippen molar-refractivity contribution >= 4 is 15.9 Å². The number of carbonyl (C=O) groups is 1. The largest absolute Gasteiger partial charge is 0.416 e. The number of carbonyl (C=O) groups excluding carboxylic acids is 1. The molecule has 0 saturated carbocycles. The fourth-order valence-corrected chi connectivity index (χ4v) is 5.76. The summed E-state index contributed by atoms with van der Waals surface area (Å²) in [4.78, 5) is 14.5. The summed E-state index contributed by atoms with van der Waals surface area (Å²) in [5, 5.41) is 2.99. The SMILES string of the molecule is CCN1CCCC1CNC(=O)C1CCN(S(=O)(=O)c2cccc(C(F)(F)F)c2)CC1. The average molecular weight is 448 g/mol. The predicted octanol–water partition coefficient (Wildman–Crippen LogP) is 2.71. The van der Waals surface area contributed by atoms with Crippen molar-refractivity contribution in [2.45, 2.75) is 49.7 Å². The van der Waals surface area contributed by atoms with Crippen molar-refractivity contribution in [1.82, 2.24) is 14.5 Å². The Labute approximate surface area is 175 Å². The molecule has 0 bridgehead atoms. The highest BCUT2D eigenvalue weighted by molar-refractivity contribution is 7.89. The molecule has 30 heavy (non-hydrogen) atoms. The number of halogens is 3. The predicted molar refractivity (Wildman–Crippen MR) is 106 cm³/mol. The summed E-state index contributed by atoms with van der Waals surface area (Å²) in [6.45, 7) is 4.91. The third-order valence-electron chi connectivity index (χ3n) is 6.04. The van der Waals surface area contributed by atoms with Crippen molar-refractivity contribution in [2.24, 2.45) is 5.92 Å². The molecule has 1 atom stereocenters. The van der Waals surface area contributed by atoms with Crippen LogP contribution in [0.1, 0.15) is 38.2 Å². The molecule has 0 radical (unpaired) electrons. The Kier molecular flexibility index (Phi) is 7.09. The fraction of sp³-hybridized carbons (Fsp3) is 0.650. The van der Waals surface area contributed by atoms with E-state index in [-0.39, 0.29) is 29.8 Å². The maximum atomic E-state index is 12.9. The van der Waals surface area contributed by atoms with E-state index >= 15 is 0 Å². The Bertz CT molecular complexity index is 852. The highest BCUT2D eigenvalue weighted by Crippen LogP contribution is 2.32. The molecule has 10 heteroatoms. The highest BCUT2D eigenvalue weighted by Gasteiger charge is 2.35. The maximum Gasteiger partial charge on any atom is 0.416 e. The van der Waals surface area contributed by atoms with Crippen LogP contribution in [0.4, 0.5) is 13.2 Å². The molecule has 2 fully saturated rings. The van der Waals surface area contributed by atoms with Gasteiger partial charge in [0.25, 0.3) is 0 Å². The zero-order chi connectivity index (χ0) is 21.9. The molecule has 1 aromatic rings. The van der Waals surface area contributed by atoms with Crippen LogP contribution < -0.4 is 5.32 Å². The van der Waals surface area contributed by atoms with Gasteiger partial charge in [0, 0.05) is 31.6 Å². The number of nitrogens with zero attached hydrogens (tertiary/aromatic N) is 2. The monoisotopic (exact) mass is 447 g/mol. The highest BCUT2D eigenvalue weighted by atomic mass is 32.2. The van der Waals surface area contributed by atoms with Gasteiger partial charge in [-0.2, -0.15) is 17.5 Å². The lowest BCUT2D eigenvalue weighted by molar-refractivity contribution is -0.137. The lowest BCUT2D eigenvalue weighted by Crippen LogP contribution is -2.45. The first-order valence-electron chi connectivity index (χ1n) is 10.3. The Morgan fingerprint density at radius 3 is 2.50 bits per heavy atom. The van der Waals surface area contributed by atoms with E-state index in [0.717, 1.165) is 38.1 Å². The van der Waals surface area contributed by atoms with E-state index in [2.05, 4.69) is 17.1 Å². The molecule has 2 heterocycles. The minimum Gasteiger partial charge on any atom is -0.354 e. The Hall–Kier alpha value is -1.65. The minimum atomic E-state index is -4.61. The lowest BCUT2D eigenvalue weighted by atomic mass is 9.97. The van der Waals surface area contributed by atoms with Crippen LogP contribution in [0.5, 0.6) is 0 Å². The molecule has 2 aliphatic heterocycles. The number of hydrogen-bond acceptors (Lipinski definition) is 4. The molecule has 1 N–H and O–H groups in total. The van der Waals surface area contributed by atoms with E-state index in [1.807, 2.05) is 0 Å². The van der Waals surface area contributed by atoms with Gasteiger partial charge in [0.05, 0.1) is 10.5 Å². The third kappa shape index (κ3) is 5.15. The van der Waals surface area contributed by atoms with Crippen molar-refractivity contribution in [1.29, 1.82) is 0 Å². The van der Waals surface area contributed by atoms with Crippen molar-refractivity contribution in [3.05, 3.63) is 29.8 Å². The molecule has 2 aliphatic rings. The molecule has 0 spiro atoms. The number of rotatable bonds is 6. The minimum absolute atomic E-state index is 0.0749. The van der Waals surface area contributed by atoms with Crippen LogP contribution in [0.2, 0.25) is 0 Å². The van der Waals surface area contributed by atoms with Crippen LogP contribution in [-0.2, 0) is 21.0 Å². The second kappa shape index (κ2) is 9.23. The number of piperidine rings is 1. The van der Waals surface area contributed by atoms with Crippen LogP contribution in [0.25, 0.3) is 0 Å². The van der Waals surface area contributed by atoms with E-state index < -0.39 is 21.8 Å². The number of amides is 1. The van der Waals surface area contributed by atoms with Crippen LogP contribution in [-0.4, -0.2) is 62.3 Å². The number of likely N-dealkylation sites (tertiary alicyclic amines) is 1. The lowest BCUT2D eigenvalue weighted by Gasteiger charge is -2.31. The number of sulfonamides is 1. The normalized spacial score (nSPS) is 22.3. The molecule has 6 nitrogen and oxygen atoms in total. The van der Waals surface area contributed by atoms with Crippen LogP contribution in [0.15, 0.2) is 29.2 Å². The van der Waals surface area contributed by atoms with Gasteiger partial charge in [0.15, 0.2) is 0 Å². The van der Waals surface area contributed by atoms with Crippen LogP contribution >= 0.6 is 0 Å². The quantitative estimate of drug-likeness (QED) is 0.728. The molecule has 3 rings (SSSR count). The van der Waals surface area contributed by atoms with Gasteiger partial charge >= 0.3 is 6.18 Å². The van der Waals surface area contributed by atoms with E-state index in [1.54, 1.807) is 0 Å². The summed E-state index contributed by atoms with van der Waals surface area (Å²) in [5.41, 5.74) is -0.995. The van der Waals surface area contributed by atoms with Crippen molar-refractivity contribution in [2.75, 3.05) is 32.7 Å². The number of likely N-dealkylation sites (N-methyl/N-ethyl adjacent to an activating group) is 1. The topological polar surface area (TPSA) is 69.7 Å². The summed E-state index contributed by atoms with van der Waals surface area (Å²) in [7, 11) is -4.04. The second-order valence-corrected chi connectivity index (χ2v) is 9.81. The summed E-state index contributed by atoms with van der Waals surface area (Å²) in [6.07, 6.45) is -1.72. The second-order valence-electron chi connectivity index (χ2n) is 7.87. The van der Waals surface area contributed by atoms with Crippen molar-refractivity contribution in [3.8, 4) is 0 Å². The smallest absolute Gasteiger partial charge is 0.354 e. The Morgan fingerprint density at radius 2 is 1.87 bits per heavy atom. The fourth-order valence-electron chi connectivity index (χ4n) is 4.25. The van der Waals surface area contributed by atoms with E-state index in [1.165, 1.54) is 10.4 Å². The first kappa shape index (κ1) is 23.0.